The number of hydrogen-bond donors (Lipinski definition) is 1. The number of thioether (sulfide) groups is 1. The minimum absolute atomic E-state index is 0.0688. The molecule has 0 spiro atoms. The van der Waals surface area contributed by atoms with Gasteiger partial charge in [-0.1, -0.05) is 13.0 Å². The maximum Gasteiger partial charge on any atom is 0.228 e. The number of hydrogen-bond acceptors (Lipinski definition) is 2. The van der Waals surface area contributed by atoms with Gasteiger partial charge in [-0.15, -0.1) is 11.8 Å². The van der Waals surface area contributed by atoms with Crippen molar-refractivity contribution >= 4 is 39.3 Å². The van der Waals surface area contributed by atoms with E-state index < -0.39 is 0 Å². The summed E-state index contributed by atoms with van der Waals surface area (Å²) < 4.78 is 1.05. The molecule has 1 aliphatic rings. The van der Waals surface area contributed by atoms with Gasteiger partial charge in [0.1, 0.15) is 0 Å². The quantitative estimate of drug-likeness (QED) is 0.786. The maximum absolute atomic E-state index is 11.5. The zero-order valence-corrected chi connectivity index (χ0v) is 10.1. The van der Waals surface area contributed by atoms with Gasteiger partial charge in [0.2, 0.25) is 5.91 Å². The number of fused-ring (bicyclic) bond motifs is 1. The summed E-state index contributed by atoms with van der Waals surface area (Å²) in [6, 6.07) is 5.86. The van der Waals surface area contributed by atoms with Crippen LogP contribution in [0.2, 0.25) is 0 Å². The first kappa shape index (κ1) is 10.1. The van der Waals surface area contributed by atoms with Crippen LogP contribution in [0.1, 0.15) is 6.92 Å². The fourth-order valence-corrected chi connectivity index (χ4v) is 3.05. The van der Waals surface area contributed by atoms with Crippen molar-refractivity contribution in [2.45, 2.75) is 11.8 Å². The van der Waals surface area contributed by atoms with Gasteiger partial charge in [0, 0.05) is 21.0 Å². The number of anilines is 1. The summed E-state index contributed by atoms with van der Waals surface area (Å²) in [5.74, 6) is 1.01. The van der Waals surface area contributed by atoms with Crippen molar-refractivity contribution in [3.8, 4) is 0 Å². The van der Waals surface area contributed by atoms with Crippen molar-refractivity contribution in [3.05, 3.63) is 22.7 Å². The average Bonchev–Trinajstić information content (AvgIpc) is 2.29. The van der Waals surface area contributed by atoms with Crippen molar-refractivity contribution < 1.29 is 4.79 Å². The van der Waals surface area contributed by atoms with Gasteiger partial charge in [-0.2, -0.15) is 0 Å². The smallest absolute Gasteiger partial charge is 0.228 e. The Hall–Kier alpha value is -0.480. The van der Waals surface area contributed by atoms with Crippen LogP contribution in [-0.2, 0) is 4.79 Å². The highest BCUT2D eigenvalue weighted by atomic mass is 79.9. The van der Waals surface area contributed by atoms with Crippen LogP contribution in [0.15, 0.2) is 27.6 Å². The average molecular weight is 272 g/mol. The van der Waals surface area contributed by atoms with Crippen LogP contribution in [0.3, 0.4) is 0 Å². The predicted molar refractivity (Wildman–Crippen MR) is 62.7 cm³/mol. The molecule has 1 heterocycles. The molecule has 1 atom stereocenters. The first-order valence-electron chi connectivity index (χ1n) is 4.40. The molecule has 0 aromatic heterocycles. The summed E-state index contributed by atoms with van der Waals surface area (Å²) in [5.41, 5.74) is 0.915. The molecular weight excluding hydrogens is 262 g/mol. The molecule has 1 amide bonds. The number of benzene rings is 1. The SMILES string of the molecule is CC1CSc2c(Br)cccc2NC1=O. The van der Waals surface area contributed by atoms with Crippen molar-refractivity contribution in [1.82, 2.24) is 0 Å². The highest BCUT2D eigenvalue weighted by molar-refractivity contribution is 9.10. The summed E-state index contributed by atoms with van der Waals surface area (Å²) >= 11 is 5.20. The summed E-state index contributed by atoms with van der Waals surface area (Å²) in [5, 5.41) is 2.92. The van der Waals surface area contributed by atoms with Gasteiger partial charge in [0.05, 0.1) is 5.69 Å². The Morgan fingerprint density at radius 2 is 2.36 bits per heavy atom. The number of amides is 1. The molecule has 0 aliphatic carbocycles. The molecule has 1 unspecified atom stereocenters. The molecule has 1 aliphatic heterocycles. The standard InChI is InChI=1S/C10H10BrNOS/c1-6-5-14-9-7(11)3-2-4-8(9)12-10(6)13/h2-4,6H,5H2,1H3,(H,12,13). The molecule has 0 saturated carbocycles. The molecule has 1 aromatic carbocycles. The van der Waals surface area contributed by atoms with Crippen LogP contribution in [0.25, 0.3) is 0 Å². The van der Waals surface area contributed by atoms with Crippen molar-refractivity contribution in [1.29, 1.82) is 0 Å². The van der Waals surface area contributed by atoms with E-state index in [1.807, 2.05) is 25.1 Å². The topological polar surface area (TPSA) is 29.1 Å². The van der Waals surface area contributed by atoms with Gasteiger partial charge in [0.15, 0.2) is 0 Å². The van der Waals surface area contributed by atoms with Crippen LogP contribution in [0.4, 0.5) is 5.69 Å². The Kier molecular flexibility index (Phi) is 2.83. The number of carbonyl (C=O) groups excluding carboxylic acids is 1. The highest BCUT2D eigenvalue weighted by Gasteiger charge is 2.20. The molecule has 0 fully saturated rings. The molecule has 1 aromatic rings. The second kappa shape index (κ2) is 3.95. The summed E-state index contributed by atoms with van der Waals surface area (Å²) in [6.07, 6.45) is 0. The third kappa shape index (κ3) is 1.81. The van der Waals surface area contributed by atoms with Crippen LogP contribution in [0.5, 0.6) is 0 Å². The minimum Gasteiger partial charge on any atom is -0.325 e. The number of halogens is 1. The van der Waals surface area contributed by atoms with Gasteiger partial charge < -0.3 is 5.32 Å². The summed E-state index contributed by atoms with van der Waals surface area (Å²) in [4.78, 5) is 12.7. The monoisotopic (exact) mass is 271 g/mol. The molecule has 2 rings (SSSR count). The van der Waals surface area contributed by atoms with E-state index in [0.717, 1.165) is 20.8 Å². The van der Waals surface area contributed by atoms with E-state index in [2.05, 4.69) is 21.2 Å². The molecule has 0 radical (unpaired) electrons. The van der Waals surface area contributed by atoms with E-state index in [1.165, 1.54) is 0 Å². The van der Waals surface area contributed by atoms with Crippen LogP contribution in [-0.4, -0.2) is 11.7 Å². The lowest BCUT2D eigenvalue weighted by atomic mass is 10.2. The van der Waals surface area contributed by atoms with Crippen LogP contribution in [0, 0.1) is 5.92 Å². The molecule has 2 nitrogen and oxygen atoms in total. The molecule has 4 heteroatoms. The fraction of sp³-hybridized carbons (Fsp3) is 0.300. The number of carbonyl (C=O) groups is 1. The van der Waals surface area contributed by atoms with Gasteiger partial charge in [-0.05, 0) is 28.1 Å². The second-order valence-electron chi connectivity index (χ2n) is 3.32. The maximum atomic E-state index is 11.5. The molecule has 1 N–H and O–H groups in total. The Labute approximate surface area is 95.6 Å². The van der Waals surface area contributed by atoms with E-state index in [1.54, 1.807) is 11.8 Å². The number of nitrogens with one attached hydrogen (secondary N) is 1. The van der Waals surface area contributed by atoms with E-state index in [-0.39, 0.29) is 11.8 Å². The van der Waals surface area contributed by atoms with Crippen LogP contribution < -0.4 is 5.32 Å². The molecule has 14 heavy (non-hydrogen) atoms. The van der Waals surface area contributed by atoms with Gasteiger partial charge in [-0.3, -0.25) is 4.79 Å². The fourth-order valence-electron chi connectivity index (χ4n) is 1.29. The predicted octanol–water partition coefficient (Wildman–Crippen LogP) is 3.13. The molecule has 74 valence electrons. The Bertz CT molecular complexity index is 380. The highest BCUT2D eigenvalue weighted by Crippen LogP contribution is 2.37. The third-order valence-electron chi connectivity index (χ3n) is 2.15. The first-order valence-corrected chi connectivity index (χ1v) is 6.18. The van der Waals surface area contributed by atoms with Gasteiger partial charge >= 0.3 is 0 Å². The first-order chi connectivity index (χ1) is 6.68. The minimum atomic E-state index is 0.0688. The van der Waals surface area contributed by atoms with E-state index in [9.17, 15) is 4.79 Å². The van der Waals surface area contributed by atoms with E-state index in [4.69, 9.17) is 0 Å². The lowest BCUT2D eigenvalue weighted by Gasteiger charge is -2.06. The summed E-state index contributed by atoms with van der Waals surface area (Å²) in [7, 11) is 0. The molecule has 0 saturated heterocycles. The third-order valence-corrected chi connectivity index (χ3v) is 4.47. The Balaban J connectivity index is 2.42. The van der Waals surface area contributed by atoms with E-state index >= 15 is 0 Å². The molecular formula is C10H10BrNOS. The normalized spacial score (nSPS) is 21.0. The lowest BCUT2D eigenvalue weighted by Crippen LogP contribution is -2.20. The zero-order chi connectivity index (χ0) is 10.1. The van der Waals surface area contributed by atoms with Crippen molar-refractivity contribution in [3.63, 3.8) is 0 Å². The summed E-state index contributed by atoms with van der Waals surface area (Å²) in [6.45, 7) is 1.95. The van der Waals surface area contributed by atoms with Crippen molar-refractivity contribution in [2.24, 2.45) is 5.92 Å². The Morgan fingerprint density at radius 1 is 1.57 bits per heavy atom. The zero-order valence-electron chi connectivity index (χ0n) is 7.71. The van der Waals surface area contributed by atoms with E-state index in [0.29, 0.717) is 0 Å². The Morgan fingerprint density at radius 3 is 3.14 bits per heavy atom. The largest absolute Gasteiger partial charge is 0.325 e. The van der Waals surface area contributed by atoms with Crippen molar-refractivity contribution in [2.75, 3.05) is 11.1 Å². The second-order valence-corrected chi connectivity index (χ2v) is 5.20. The lowest BCUT2D eigenvalue weighted by molar-refractivity contribution is -0.118. The number of rotatable bonds is 0. The molecule has 0 bridgehead atoms. The van der Waals surface area contributed by atoms with Gasteiger partial charge in [-0.25, -0.2) is 0 Å². The van der Waals surface area contributed by atoms with Gasteiger partial charge in [0.25, 0.3) is 0 Å². The van der Waals surface area contributed by atoms with Crippen LogP contribution >= 0.6 is 27.7 Å².